The van der Waals surface area contributed by atoms with Crippen molar-refractivity contribution in [2.24, 2.45) is 4.99 Å². The zero-order chi connectivity index (χ0) is 23.0. The number of rotatable bonds is 6. The molecule has 0 amide bonds. The van der Waals surface area contributed by atoms with Crippen LogP contribution in [0, 0.1) is 0 Å². The number of ether oxygens (including phenoxy) is 1. The van der Waals surface area contributed by atoms with Crippen molar-refractivity contribution in [3.63, 3.8) is 0 Å². The molecule has 3 aromatic rings. The number of nitrogens with zero attached hydrogens (tertiary/aromatic N) is 3. The second-order valence-corrected chi connectivity index (χ2v) is 8.29. The van der Waals surface area contributed by atoms with E-state index in [0.717, 1.165) is 22.4 Å². The highest BCUT2D eigenvalue weighted by Crippen LogP contribution is 2.44. The number of hydrogen-bond acceptors (Lipinski definition) is 8. The molecule has 0 unspecified atom stereocenters. The third-order valence-corrected chi connectivity index (χ3v) is 6.21. The van der Waals surface area contributed by atoms with Gasteiger partial charge >= 0.3 is 0 Å². The SMILES string of the molecule is OCC1(CO)O[C@@H](n2cc(-c3ccccc3)c3c2N=CN(Nc2ccccc2)C3)[C@H](O)[C@@H]1O. The molecule has 33 heavy (non-hydrogen) atoms. The molecule has 2 aliphatic heterocycles. The summed E-state index contributed by atoms with van der Waals surface area (Å²) in [7, 11) is 0. The highest BCUT2D eigenvalue weighted by atomic mass is 16.6. The van der Waals surface area contributed by atoms with Gasteiger partial charge in [0.2, 0.25) is 0 Å². The van der Waals surface area contributed by atoms with Gasteiger partial charge in [0.15, 0.2) is 6.23 Å². The monoisotopic (exact) mass is 450 g/mol. The first-order valence-corrected chi connectivity index (χ1v) is 10.7. The highest BCUT2D eigenvalue weighted by Gasteiger charge is 2.55. The van der Waals surface area contributed by atoms with Crippen molar-refractivity contribution in [1.29, 1.82) is 0 Å². The smallest absolute Gasteiger partial charge is 0.165 e. The van der Waals surface area contributed by atoms with E-state index in [1.165, 1.54) is 0 Å². The Labute approximate surface area is 190 Å². The average molecular weight is 450 g/mol. The second kappa shape index (κ2) is 8.62. The van der Waals surface area contributed by atoms with Crippen LogP contribution in [0.25, 0.3) is 11.1 Å². The number of hydrogen-bond donors (Lipinski definition) is 5. The van der Waals surface area contributed by atoms with Crippen LogP contribution in [0.1, 0.15) is 11.8 Å². The van der Waals surface area contributed by atoms with E-state index in [1.54, 1.807) is 10.9 Å². The van der Waals surface area contributed by atoms with E-state index in [4.69, 9.17) is 4.74 Å². The average Bonchev–Trinajstić information content (AvgIpc) is 3.35. The summed E-state index contributed by atoms with van der Waals surface area (Å²) in [5.74, 6) is 0.572. The lowest BCUT2D eigenvalue weighted by Gasteiger charge is -2.28. The molecule has 3 heterocycles. The Hall–Kier alpha value is -3.21. The van der Waals surface area contributed by atoms with Gasteiger partial charge in [-0.25, -0.2) is 4.99 Å². The molecule has 9 nitrogen and oxygen atoms in total. The molecule has 0 radical (unpaired) electrons. The van der Waals surface area contributed by atoms with Crippen molar-refractivity contribution in [3.05, 3.63) is 72.4 Å². The summed E-state index contributed by atoms with van der Waals surface area (Å²) >= 11 is 0. The van der Waals surface area contributed by atoms with E-state index in [-0.39, 0.29) is 0 Å². The number of nitrogens with one attached hydrogen (secondary N) is 1. The zero-order valence-corrected chi connectivity index (χ0v) is 17.8. The van der Waals surface area contributed by atoms with Crippen molar-refractivity contribution in [2.75, 3.05) is 18.6 Å². The fourth-order valence-electron chi connectivity index (χ4n) is 4.38. The molecular formula is C24H26N4O5. The van der Waals surface area contributed by atoms with Gasteiger partial charge in [0, 0.05) is 17.3 Å². The molecular weight excluding hydrogens is 424 g/mol. The van der Waals surface area contributed by atoms with E-state index >= 15 is 0 Å². The number of aliphatic imine (C=N–C) groups is 1. The van der Waals surface area contributed by atoms with Gasteiger partial charge in [-0.1, -0.05) is 48.5 Å². The van der Waals surface area contributed by atoms with Gasteiger partial charge in [0.25, 0.3) is 0 Å². The van der Waals surface area contributed by atoms with Gasteiger partial charge in [-0.15, -0.1) is 0 Å². The van der Waals surface area contributed by atoms with Gasteiger partial charge in [0.1, 0.15) is 30.0 Å². The van der Waals surface area contributed by atoms with Crippen LogP contribution in [0.3, 0.4) is 0 Å². The molecule has 1 aromatic heterocycles. The number of aliphatic hydroxyl groups excluding tert-OH is 4. The fraction of sp³-hybridized carbons (Fsp3) is 0.292. The Morgan fingerprint density at radius 1 is 1.00 bits per heavy atom. The molecule has 2 aliphatic rings. The maximum absolute atomic E-state index is 10.7. The summed E-state index contributed by atoms with van der Waals surface area (Å²) in [6.45, 7) is -0.780. The number of benzene rings is 2. The summed E-state index contributed by atoms with van der Waals surface area (Å²) in [5.41, 5.74) is 5.35. The first kappa shape index (κ1) is 21.6. The van der Waals surface area contributed by atoms with Gasteiger partial charge in [0.05, 0.1) is 25.4 Å². The summed E-state index contributed by atoms with van der Waals surface area (Å²) < 4.78 is 7.52. The Bertz CT molecular complexity index is 1130. The molecule has 5 rings (SSSR count). The lowest BCUT2D eigenvalue weighted by atomic mass is 9.97. The van der Waals surface area contributed by atoms with Crippen LogP contribution in [-0.2, 0) is 11.3 Å². The molecule has 9 heteroatoms. The largest absolute Gasteiger partial charge is 0.393 e. The Morgan fingerprint density at radius 2 is 1.67 bits per heavy atom. The lowest BCUT2D eigenvalue weighted by molar-refractivity contribution is -0.149. The second-order valence-electron chi connectivity index (χ2n) is 8.29. The van der Waals surface area contributed by atoms with Crippen LogP contribution >= 0.6 is 0 Å². The number of anilines is 1. The first-order chi connectivity index (χ1) is 16.1. The minimum Gasteiger partial charge on any atom is -0.393 e. The van der Waals surface area contributed by atoms with E-state index in [9.17, 15) is 20.4 Å². The standard InChI is InChI=1S/C24H26N4O5/c29-13-24(14-30)21(32)20(31)23(33-24)28-12-18(16-7-3-1-4-8-16)19-11-27(15-25-22(19)28)26-17-9-5-2-6-10-17/h1-10,12,15,20-21,23,26,29-32H,11,13-14H2/t20-,21+,23-/m1/s1. The number of aliphatic hydroxyl groups is 4. The number of para-hydroxylation sites is 1. The molecule has 0 aliphatic carbocycles. The molecule has 1 fully saturated rings. The molecule has 3 atom stereocenters. The maximum atomic E-state index is 10.7. The van der Waals surface area contributed by atoms with Crippen LogP contribution in [0.4, 0.5) is 11.5 Å². The van der Waals surface area contributed by atoms with Crippen LogP contribution in [-0.4, -0.2) is 67.4 Å². The molecule has 1 saturated heterocycles. The fourth-order valence-corrected chi connectivity index (χ4v) is 4.38. The van der Waals surface area contributed by atoms with Crippen molar-refractivity contribution in [1.82, 2.24) is 9.58 Å². The Kier molecular flexibility index (Phi) is 5.65. The van der Waals surface area contributed by atoms with Crippen LogP contribution in [0.2, 0.25) is 0 Å². The van der Waals surface area contributed by atoms with Gasteiger partial charge in [-0.2, -0.15) is 0 Å². The van der Waals surface area contributed by atoms with Crippen molar-refractivity contribution in [2.45, 2.75) is 30.6 Å². The Balaban J connectivity index is 1.55. The molecule has 5 N–H and O–H groups in total. The third-order valence-electron chi connectivity index (χ3n) is 6.21. The molecule has 172 valence electrons. The third kappa shape index (κ3) is 3.69. The predicted molar refractivity (Wildman–Crippen MR) is 123 cm³/mol. The molecule has 2 aromatic carbocycles. The predicted octanol–water partition coefficient (Wildman–Crippen LogP) is 1.63. The number of fused-ring (bicyclic) bond motifs is 1. The maximum Gasteiger partial charge on any atom is 0.165 e. The molecule has 0 bridgehead atoms. The van der Waals surface area contributed by atoms with E-state index in [2.05, 4.69) is 10.4 Å². The molecule has 0 saturated carbocycles. The number of aromatic nitrogens is 1. The van der Waals surface area contributed by atoms with Crippen LogP contribution in [0.15, 0.2) is 71.9 Å². The van der Waals surface area contributed by atoms with E-state index in [1.807, 2.05) is 71.9 Å². The topological polar surface area (TPSA) is 123 Å². The normalized spacial score (nSPS) is 23.5. The highest BCUT2D eigenvalue weighted by molar-refractivity contribution is 5.77. The summed E-state index contributed by atoms with van der Waals surface area (Å²) in [5, 5.41) is 42.6. The minimum atomic E-state index is -1.66. The van der Waals surface area contributed by atoms with Gasteiger partial charge < -0.3 is 29.7 Å². The summed E-state index contributed by atoms with van der Waals surface area (Å²) in [6, 6.07) is 19.5. The first-order valence-electron chi connectivity index (χ1n) is 10.7. The quantitative estimate of drug-likeness (QED) is 0.387. The Morgan fingerprint density at radius 3 is 2.30 bits per heavy atom. The van der Waals surface area contributed by atoms with Crippen molar-refractivity contribution in [3.8, 4) is 11.1 Å². The van der Waals surface area contributed by atoms with Crippen LogP contribution in [0.5, 0.6) is 0 Å². The van der Waals surface area contributed by atoms with Crippen LogP contribution < -0.4 is 5.43 Å². The minimum absolute atomic E-state index is 0.488. The number of hydrazine groups is 1. The zero-order valence-electron chi connectivity index (χ0n) is 17.8. The van der Waals surface area contributed by atoms with Gasteiger partial charge in [-0.05, 0) is 17.7 Å². The molecule has 0 spiro atoms. The van der Waals surface area contributed by atoms with E-state index in [0.29, 0.717) is 12.4 Å². The summed E-state index contributed by atoms with van der Waals surface area (Å²) in [6.07, 6.45) is -0.366. The van der Waals surface area contributed by atoms with E-state index < -0.39 is 37.3 Å². The van der Waals surface area contributed by atoms with Crippen molar-refractivity contribution < 1.29 is 25.2 Å². The summed E-state index contributed by atoms with van der Waals surface area (Å²) in [4.78, 5) is 4.62. The van der Waals surface area contributed by atoms with Gasteiger partial charge in [-0.3, -0.25) is 10.4 Å². The lowest BCUT2D eigenvalue weighted by Crippen LogP contribution is -2.49. The van der Waals surface area contributed by atoms with Crippen molar-refractivity contribution >= 4 is 17.8 Å².